The molecule has 1 saturated carbocycles. The third kappa shape index (κ3) is 3.39. The maximum absolute atomic E-state index is 12.9. The number of benzene rings is 1. The van der Waals surface area contributed by atoms with Gasteiger partial charge in [0.15, 0.2) is 0 Å². The molecule has 0 radical (unpaired) electrons. The summed E-state index contributed by atoms with van der Waals surface area (Å²) in [7, 11) is 0. The number of piperidine rings is 1. The number of fused-ring (bicyclic) bond motifs is 1. The van der Waals surface area contributed by atoms with Gasteiger partial charge in [0.1, 0.15) is 12.1 Å². The van der Waals surface area contributed by atoms with Crippen LogP contribution in [0, 0.1) is 0 Å². The third-order valence-corrected chi connectivity index (χ3v) is 5.62. The Morgan fingerprint density at radius 2 is 1.93 bits per heavy atom. The van der Waals surface area contributed by atoms with Crippen LogP contribution in [-0.4, -0.2) is 44.9 Å². The second-order valence-electron chi connectivity index (χ2n) is 7.59. The van der Waals surface area contributed by atoms with Gasteiger partial charge in [-0.3, -0.25) is 4.79 Å². The molecule has 2 aromatic heterocycles. The average Bonchev–Trinajstić information content (AvgIpc) is 3.40. The normalized spacial score (nSPS) is 18.0. The zero-order valence-corrected chi connectivity index (χ0v) is 15.2. The summed E-state index contributed by atoms with van der Waals surface area (Å²) in [5.74, 6) is 1.44. The molecule has 3 heterocycles. The highest BCUT2D eigenvalue weighted by molar-refractivity contribution is 5.98. The first-order valence-electron chi connectivity index (χ1n) is 9.71. The van der Waals surface area contributed by atoms with Crippen LogP contribution in [0.4, 0.5) is 5.82 Å². The van der Waals surface area contributed by atoms with Crippen molar-refractivity contribution in [2.45, 2.75) is 37.6 Å². The van der Waals surface area contributed by atoms with E-state index in [-0.39, 0.29) is 5.91 Å². The summed E-state index contributed by atoms with van der Waals surface area (Å²) in [5.41, 5.74) is 2.91. The van der Waals surface area contributed by atoms with Crippen molar-refractivity contribution in [3.63, 3.8) is 0 Å². The molecule has 0 unspecified atom stereocenters. The highest BCUT2D eigenvalue weighted by Crippen LogP contribution is 2.30. The van der Waals surface area contributed by atoms with E-state index in [4.69, 9.17) is 0 Å². The highest BCUT2D eigenvalue weighted by atomic mass is 16.2. The predicted octanol–water partition coefficient (Wildman–Crippen LogP) is 3.55. The molecule has 1 aliphatic heterocycles. The molecule has 1 aliphatic carbocycles. The van der Waals surface area contributed by atoms with E-state index in [0.29, 0.717) is 12.0 Å². The van der Waals surface area contributed by atoms with Crippen LogP contribution >= 0.6 is 0 Å². The molecule has 27 heavy (non-hydrogen) atoms. The number of anilines is 1. The molecule has 5 rings (SSSR count). The minimum absolute atomic E-state index is 0.121. The summed E-state index contributed by atoms with van der Waals surface area (Å²) >= 11 is 0. The highest BCUT2D eigenvalue weighted by Gasteiger charge is 2.26. The molecule has 138 valence electrons. The van der Waals surface area contributed by atoms with E-state index in [0.717, 1.165) is 53.9 Å². The summed E-state index contributed by atoms with van der Waals surface area (Å²) in [5, 5.41) is 4.51. The zero-order valence-electron chi connectivity index (χ0n) is 15.2. The van der Waals surface area contributed by atoms with E-state index in [1.165, 1.54) is 12.8 Å². The number of amides is 1. The van der Waals surface area contributed by atoms with Gasteiger partial charge < -0.3 is 15.2 Å². The lowest BCUT2D eigenvalue weighted by Crippen LogP contribution is -2.38. The van der Waals surface area contributed by atoms with Gasteiger partial charge in [-0.05, 0) is 49.9 Å². The van der Waals surface area contributed by atoms with Crippen molar-refractivity contribution < 1.29 is 4.79 Å². The molecular formula is C21H23N5O. The number of rotatable bonds is 4. The predicted molar refractivity (Wildman–Crippen MR) is 105 cm³/mol. The number of likely N-dealkylation sites (tertiary alicyclic amines) is 1. The van der Waals surface area contributed by atoms with Crippen LogP contribution in [0.5, 0.6) is 0 Å². The Labute approximate surface area is 158 Å². The fourth-order valence-corrected chi connectivity index (χ4v) is 3.86. The van der Waals surface area contributed by atoms with Crippen molar-refractivity contribution in [2.75, 3.05) is 18.4 Å². The van der Waals surface area contributed by atoms with E-state index in [2.05, 4.69) is 26.3 Å². The number of hydrogen-bond donors (Lipinski definition) is 2. The smallest absolute Gasteiger partial charge is 0.253 e. The lowest BCUT2D eigenvalue weighted by Gasteiger charge is -2.32. The van der Waals surface area contributed by atoms with Crippen molar-refractivity contribution in [1.29, 1.82) is 0 Å². The van der Waals surface area contributed by atoms with Crippen molar-refractivity contribution >= 4 is 22.6 Å². The minimum Gasteiger partial charge on any atom is -0.367 e. The van der Waals surface area contributed by atoms with Gasteiger partial charge in [-0.1, -0.05) is 0 Å². The van der Waals surface area contributed by atoms with E-state index in [1.807, 2.05) is 35.4 Å². The van der Waals surface area contributed by atoms with Gasteiger partial charge in [0.2, 0.25) is 0 Å². The number of carbonyl (C=O) groups is 1. The molecule has 3 aromatic rings. The van der Waals surface area contributed by atoms with Crippen LogP contribution in [0.3, 0.4) is 0 Å². The quantitative estimate of drug-likeness (QED) is 0.745. The maximum atomic E-state index is 12.9. The molecular weight excluding hydrogens is 338 g/mol. The van der Waals surface area contributed by atoms with Gasteiger partial charge in [0, 0.05) is 59.5 Å². The molecule has 6 heteroatoms. The number of aromatic nitrogens is 3. The number of carbonyl (C=O) groups excluding carboxylic acids is 1. The van der Waals surface area contributed by atoms with Crippen molar-refractivity contribution in [2.24, 2.45) is 0 Å². The summed E-state index contributed by atoms with van der Waals surface area (Å²) in [6, 6.07) is 10.5. The Morgan fingerprint density at radius 3 is 2.74 bits per heavy atom. The first-order valence-corrected chi connectivity index (χ1v) is 9.71. The second kappa shape index (κ2) is 6.68. The number of nitrogens with zero attached hydrogens (tertiary/aromatic N) is 3. The van der Waals surface area contributed by atoms with Crippen molar-refractivity contribution in [3.8, 4) is 0 Å². The fourth-order valence-electron chi connectivity index (χ4n) is 3.86. The molecule has 2 N–H and O–H groups in total. The standard InChI is InChI=1S/C21H23N5O/c27-21(16-1-4-18-15(11-16)5-8-22-18)26-9-6-14(7-10-26)19-12-20(24-13-23-19)25-17-2-3-17/h1,4-5,8,11-14,17,22H,2-3,6-7,9-10H2,(H,23,24,25). The summed E-state index contributed by atoms with van der Waals surface area (Å²) < 4.78 is 0. The second-order valence-corrected chi connectivity index (χ2v) is 7.59. The topological polar surface area (TPSA) is 73.9 Å². The van der Waals surface area contributed by atoms with Crippen LogP contribution in [0.1, 0.15) is 47.7 Å². The molecule has 6 nitrogen and oxygen atoms in total. The molecule has 1 amide bonds. The Balaban J connectivity index is 1.24. The molecule has 0 bridgehead atoms. The van der Waals surface area contributed by atoms with Gasteiger partial charge in [0.05, 0.1) is 0 Å². The molecule has 0 spiro atoms. The van der Waals surface area contributed by atoms with Gasteiger partial charge in [-0.25, -0.2) is 9.97 Å². The zero-order chi connectivity index (χ0) is 18.2. The van der Waals surface area contributed by atoms with Crippen LogP contribution in [0.15, 0.2) is 42.9 Å². The van der Waals surface area contributed by atoms with Crippen LogP contribution in [0.2, 0.25) is 0 Å². The van der Waals surface area contributed by atoms with Gasteiger partial charge in [-0.2, -0.15) is 0 Å². The molecule has 2 fully saturated rings. The lowest BCUT2D eigenvalue weighted by molar-refractivity contribution is 0.0712. The largest absolute Gasteiger partial charge is 0.367 e. The first-order chi connectivity index (χ1) is 13.3. The number of H-pyrrole nitrogens is 1. The summed E-state index contributed by atoms with van der Waals surface area (Å²) in [6.45, 7) is 1.54. The Kier molecular flexibility index (Phi) is 4.03. The Hall–Kier alpha value is -2.89. The van der Waals surface area contributed by atoms with E-state index < -0.39 is 0 Å². The summed E-state index contributed by atoms with van der Waals surface area (Å²) in [6.07, 6.45) is 7.90. The lowest BCUT2D eigenvalue weighted by atomic mass is 9.93. The molecule has 1 aromatic carbocycles. The number of aromatic amines is 1. The van der Waals surface area contributed by atoms with Crippen molar-refractivity contribution in [3.05, 3.63) is 54.1 Å². The first kappa shape index (κ1) is 16.3. The molecule has 1 saturated heterocycles. The average molecular weight is 361 g/mol. The van der Waals surface area contributed by atoms with E-state index >= 15 is 0 Å². The van der Waals surface area contributed by atoms with Gasteiger partial charge in [-0.15, -0.1) is 0 Å². The maximum Gasteiger partial charge on any atom is 0.253 e. The Morgan fingerprint density at radius 1 is 1.07 bits per heavy atom. The third-order valence-electron chi connectivity index (χ3n) is 5.62. The van der Waals surface area contributed by atoms with Crippen molar-refractivity contribution in [1.82, 2.24) is 19.9 Å². The van der Waals surface area contributed by atoms with E-state index in [1.54, 1.807) is 6.33 Å². The monoisotopic (exact) mass is 361 g/mol. The number of hydrogen-bond acceptors (Lipinski definition) is 4. The SMILES string of the molecule is O=C(c1ccc2[nH]ccc2c1)N1CCC(c2cc(NC3CC3)ncn2)CC1. The molecule has 2 aliphatic rings. The van der Waals surface area contributed by atoms with E-state index in [9.17, 15) is 4.79 Å². The number of nitrogens with one attached hydrogen (secondary N) is 2. The van der Waals surface area contributed by atoms with Crippen LogP contribution in [0.25, 0.3) is 10.9 Å². The van der Waals surface area contributed by atoms with Gasteiger partial charge >= 0.3 is 0 Å². The Bertz CT molecular complexity index is 969. The van der Waals surface area contributed by atoms with Gasteiger partial charge in [0.25, 0.3) is 5.91 Å². The van der Waals surface area contributed by atoms with Crippen LogP contribution < -0.4 is 5.32 Å². The molecule has 0 atom stereocenters. The van der Waals surface area contributed by atoms with Crippen LogP contribution in [-0.2, 0) is 0 Å². The minimum atomic E-state index is 0.121. The summed E-state index contributed by atoms with van der Waals surface area (Å²) in [4.78, 5) is 26.8. The fraction of sp³-hybridized carbons (Fsp3) is 0.381.